The molecule has 2 fully saturated rings. The zero-order valence-electron chi connectivity index (χ0n) is 18.8. The van der Waals surface area contributed by atoms with Gasteiger partial charge < -0.3 is 21.1 Å². The molecule has 3 heterocycles. The molecule has 0 radical (unpaired) electrons. The number of nitriles is 1. The van der Waals surface area contributed by atoms with Gasteiger partial charge in [-0.2, -0.15) is 10.2 Å². The Morgan fingerprint density at radius 3 is 2.54 bits per heavy atom. The van der Waals surface area contributed by atoms with Crippen molar-refractivity contribution in [3.8, 4) is 6.07 Å². The average molecular weight is 482 g/mol. The summed E-state index contributed by atoms with van der Waals surface area (Å²) in [5, 5.41) is 15.0. The molecule has 0 unspecified atom stereocenters. The first kappa shape index (κ1) is 22.9. The van der Waals surface area contributed by atoms with E-state index in [4.69, 9.17) is 15.7 Å². The molecular formula is C23H24F2N8O2. The number of amides is 1. The van der Waals surface area contributed by atoms with Gasteiger partial charge in [-0.15, -0.1) is 0 Å². The van der Waals surface area contributed by atoms with Crippen molar-refractivity contribution >= 4 is 34.7 Å². The number of benzene rings is 1. The highest BCUT2D eigenvalue weighted by molar-refractivity contribution is 5.78. The van der Waals surface area contributed by atoms with E-state index < -0.39 is 17.3 Å². The summed E-state index contributed by atoms with van der Waals surface area (Å²) >= 11 is 0. The van der Waals surface area contributed by atoms with Gasteiger partial charge in [0.25, 0.3) is 0 Å². The van der Waals surface area contributed by atoms with Gasteiger partial charge in [-0.3, -0.25) is 9.36 Å². The van der Waals surface area contributed by atoms with E-state index in [0.29, 0.717) is 56.0 Å². The highest BCUT2D eigenvalue weighted by Crippen LogP contribution is 2.37. The molecule has 0 spiro atoms. The van der Waals surface area contributed by atoms with Gasteiger partial charge in [-0.25, -0.2) is 18.7 Å². The maximum absolute atomic E-state index is 14.7. The molecule has 1 aromatic carbocycles. The van der Waals surface area contributed by atoms with Crippen molar-refractivity contribution in [2.45, 2.75) is 44.2 Å². The Labute approximate surface area is 199 Å². The normalized spacial score (nSPS) is 22.1. The van der Waals surface area contributed by atoms with E-state index in [1.54, 1.807) is 12.3 Å². The number of nitrogens with zero attached hydrogens (tertiary/aromatic N) is 5. The summed E-state index contributed by atoms with van der Waals surface area (Å²) in [6, 6.07) is 3.62. The van der Waals surface area contributed by atoms with Crippen LogP contribution in [0.1, 0.15) is 43.7 Å². The lowest BCUT2D eigenvalue weighted by Gasteiger charge is -2.29. The third-order valence-corrected chi connectivity index (χ3v) is 6.57. The number of halogens is 2. The highest BCUT2D eigenvalue weighted by Gasteiger charge is 2.30. The minimum absolute atomic E-state index is 0.0919. The van der Waals surface area contributed by atoms with Gasteiger partial charge >= 0.3 is 0 Å². The van der Waals surface area contributed by atoms with E-state index >= 15 is 0 Å². The van der Waals surface area contributed by atoms with Crippen molar-refractivity contribution in [3.05, 3.63) is 35.5 Å². The summed E-state index contributed by atoms with van der Waals surface area (Å²) in [6.07, 6.45) is 4.82. The number of imidazole rings is 1. The minimum Gasteiger partial charge on any atom is -0.379 e. The molecule has 0 bridgehead atoms. The van der Waals surface area contributed by atoms with Gasteiger partial charge in [0, 0.05) is 18.6 Å². The summed E-state index contributed by atoms with van der Waals surface area (Å²) in [5.41, 5.74) is 5.90. The van der Waals surface area contributed by atoms with E-state index in [2.05, 4.69) is 25.6 Å². The van der Waals surface area contributed by atoms with Crippen LogP contribution in [0.5, 0.6) is 0 Å². The molecule has 35 heavy (non-hydrogen) atoms. The molecule has 12 heteroatoms. The molecule has 10 nitrogen and oxygen atoms in total. The standard InChI is InChI=1S/C23H24F2N8O2/c24-16-7-12(9-26)8-17(25)19(16)31-23-30-18-10-28-22(29-14-5-6-35-11-14)32-21(18)33(23)15-3-1-13(2-4-15)20(27)34/h7-8,10,13-15H,1-6,11H2,(H2,27,34)(H,30,31)(H,28,29,32)/t13-,14-,15-/m1/s1. The Morgan fingerprint density at radius 1 is 1.17 bits per heavy atom. The average Bonchev–Trinajstić information content (AvgIpc) is 3.48. The van der Waals surface area contributed by atoms with E-state index in [1.165, 1.54) is 0 Å². The van der Waals surface area contributed by atoms with Crippen LogP contribution in [0, 0.1) is 28.9 Å². The van der Waals surface area contributed by atoms with Crippen molar-refractivity contribution in [2.24, 2.45) is 11.7 Å². The van der Waals surface area contributed by atoms with Crippen LogP contribution in [0.15, 0.2) is 18.3 Å². The molecule has 2 aliphatic rings. The second kappa shape index (κ2) is 9.42. The first-order valence-electron chi connectivity index (χ1n) is 11.5. The maximum Gasteiger partial charge on any atom is 0.225 e. The van der Waals surface area contributed by atoms with Gasteiger partial charge in [-0.1, -0.05) is 0 Å². The van der Waals surface area contributed by atoms with Crippen LogP contribution in [0.25, 0.3) is 11.2 Å². The molecule has 1 aliphatic carbocycles. The number of anilines is 3. The summed E-state index contributed by atoms with van der Waals surface area (Å²) in [6.45, 7) is 1.22. The summed E-state index contributed by atoms with van der Waals surface area (Å²) in [7, 11) is 0. The molecule has 1 saturated heterocycles. The number of carbonyl (C=O) groups excluding carboxylic acids is 1. The second-order valence-electron chi connectivity index (χ2n) is 8.87. The number of carbonyl (C=O) groups is 1. The third kappa shape index (κ3) is 4.59. The molecular weight excluding hydrogens is 458 g/mol. The number of ether oxygens (including phenoxy) is 1. The van der Waals surface area contributed by atoms with Crippen molar-refractivity contribution < 1.29 is 18.3 Å². The fourth-order valence-electron chi connectivity index (χ4n) is 4.71. The molecule has 3 aromatic rings. The van der Waals surface area contributed by atoms with Crippen LogP contribution in [0.2, 0.25) is 0 Å². The van der Waals surface area contributed by atoms with Gasteiger partial charge in [0.05, 0.1) is 30.5 Å². The largest absolute Gasteiger partial charge is 0.379 e. The van der Waals surface area contributed by atoms with Gasteiger partial charge in [0.1, 0.15) is 11.2 Å². The first-order chi connectivity index (χ1) is 16.9. The van der Waals surface area contributed by atoms with Gasteiger partial charge in [0.15, 0.2) is 17.3 Å². The Kier molecular flexibility index (Phi) is 6.17. The predicted octanol–water partition coefficient (Wildman–Crippen LogP) is 3.14. The fraction of sp³-hybridized carbons (Fsp3) is 0.435. The Hall–Kier alpha value is -3.85. The monoisotopic (exact) mass is 482 g/mol. The van der Waals surface area contributed by atoms with Gasteiger partial charge in [-0.05, 0) is 44.2 Å². The number of fused-ring (bicyclic) bond motifs is 1. The number of nitrogens with one attached hydrogen (secondary N) is 2. The summed E-state index contributed by atoms with van der Waals surface area (Å²) in [5.74, 6) is -1.76. The summed E-state index contributed by atoms with van der Waals surface area (Å²) in [4.78, 5) is 25.2. The van der Waals surface area contributed by atoms with Crippen molar-refractivity contribution in [1.82, 2.24) is 19.5 Å². The van der Waals surface area contributed by atoms with E-state index in [-0.39, 0.29) is 35.4 Å². The molecule has 5 rings (SSSR count). The van der Waals surface area contributed by atoms with Crippen molar-refractivity contribution in [2.75, 3.05) is 23.8 Å². The molecule has 1 saturated carbocycles. The van der Waals surface area contributed by atoms with Gasteiger partial charge in [0.2, 0.25) is 17.8 Å². The third-order valence-electron chi connectivity index (χ3n) is 6.57. The number of rotatable bonds is 6. The topological polar surface area (TPSA) is 144 Å². The van der Waals surface area contributed by atoms with Crippen LogP contribution in [-0.4, -0.2) is 44.7 Å². The minimum atomic E-state index is -0.910. The van der Waals surface area contributed by atoms with E-state index in [1.807, 2.05) is 4.57 Å². The van der Waals surface area contributed by atoms with Crippen LogP contribution >= 0.6 is 0 Å². The molecule has 1 amide bonds. The number of nitrogens with two attached hydrogens (primary N) is 1. The molecule has 182 valence electrons. The number of aromatic nitrogens is 4. The second-order valence-corrected chi connectivity index (χ2v) is 8.87. The number of primary amides is 1. The zero-order chi connectivity index (χ0) is 24.5. The maximum atomic E-state index is 14.7. The quantitative estimate of drug-likeness (QED) is 0.486. The smallest absolute Gasteiger partial charge is 0.225 e. The Balaban J connectivity index is 1.54. The van der Waals surface area contributed by atoms with Crippen LogP contribution < -0.4 is 16.4 Å². The van der Waals surface area contributed by atoms with Crippen molar-refractivity contribution in [3.63, 3.8) is 0 Å². The highest BCUT2D eigenvalue weighted by atomic mass is 19.1. The van der Waals surface area contributed by atoms with Crippen LogP contribution in [0.3, 0.4) is 0 Å². The van der Waals surface area contributed by atoms with Crippen LogP contribution in [0.4, 0.5) is 26.4 Å². The van der Waals surface area contributed by atoms with E-state index in [0.717, 1.165) is 18.6 Å². The Morgan fingerprint density at radius 2 is 1.91 bits per heavy atom. The lowest BCUT2D eigenvalue weighted by molar-refractivity contribution is -0.122. The predicted molar refractivity (Wildman–Crippen MR) is 123 cm³/mol. The summed E-state index contributed by atoms with van der Waals surface area (Å²) < 4.78 is 36.5. The molecule has 4 N–H and O–H groups in total. The molecule has 1 atom stereocenters. The fourth-order valence-corrected chi connectivity index (χ4v) is 4.71. The molecule has 2 aromatic heterocycles. The zero-order valence-corrected chi connectivity index (χ0v) is 18.8. The lowest BCUT2D eigenvalue weighted by atomic mass is 9.85. The first-order valence-corrected chi connectivity index (χ1v) is 11.5. The number of hydrogen-bond donors (Lipinski definition) is 3. The Bertz CT molecular complexity index is 1280. The molecule has 1 aliphatic heterocycles. The SMILES string of the molecule is N#Cc1cc(F)c(Nc2nc3cnc(N[C@@H]4CCOC4)nc3n2[C@H]2CC[C@H](C(N)=O)CC2)c(F)c1. The van der Waals surface area contributed by atoms with Crippen LogP contribution in [-0.2, 0) is 9.53 Å². The number of hydrogen-bond acceptors (Lipinski definition) is 8. The van der Waals surface area contributed by atoms with Crippen molar-refractivity contribution in [1.29, 1.82) is 5.26 Å². The van der Waals surface area contributed by atoms with E-state index in [9.17, 15) is 13.6 Å². The lowest BCUT2D eigenvalue weighted by Crippen LogP contribution is -2.29.